The topological polar surface area (TPSA) is 46.5 Å². The van der Waals surface area contributed by atoms with E-state index in [4.69, 9.17) is 4.74 Å². The Morgan fingerprint density at radius 3 is 2.45 bits per heavy atom. The van der Waals surface area contributed by atoms with Crippen molar-refractivity contribution in [1.82, 2.24) is 0 Å². The van der Waals surface area contributed by atoms with Gasteiger partial charge in [-0.3, -0.25) is 4.79 Å². The Bertz CT molecular complexity index is 631. The first-order chi connectivity index (χ1) is 13.9. The lowest BCUT2D eigenvalue weighted by Gasteiger charge is -2.37. The molecule has 0 aromatic heterocycles. The maximum atomic E-state index is 12.6. The summed E-state index contributed by atoms with van der Waals surface area (Å²) in [6.07, 6.45) is 12.1. The minimum atomic E-state index is -0.518. The molecule has 5 rings (SSSR count). The molecule has 11 atom stereocenters. The molecule has 0 radical (unpaired) electrons. The number of hydrogen-bond acceptors (Lipinski definition) is 3. The third kappa shape index (κ3) is 3.38. The zero-order valence-electron chi connectivity index (χ0n) is 18.8. The van der Waals surface area contributed by atoms with E-state index in [-0.39, 0.29) is 18.0 Å². The first kappa shape index (κ1) is 20.3. The van der Waals surface area contributed by atoms with Gasteiger partial charge in [-0.05, 0) is 112 Å². The molecule has 0 aromatic carbocycles. The van der Waals surface area contributed by atoms with Crippen LogP contribution >= 0.6 is 0 Å². The number of carbonyl (C=O) groups is 1. The molecule has 5 saturated carbocycles. The number of aliphatic hydroxyl groups is 1. The van der Waals surface area contributed by atoms with Gasteiger partial charge in [-0.2, -0.15) is 0 Å². The lowest BCUT2D eigenvalue weighted by atomic mass is 9.69. The highest BCUT2D eigenvalue weighted by Crippen LogP contribution is 2.66. The quantitative estimate of drug-likeness (QED) is 0.564. The predicted octanol–water partition coefficient (Wildman–Crippen LogP) is 5.59. The monoisotopic (exact) mass is 402 g/mol. The molecular formula is C26H42O3. The standard InChI is InChI=1S/C26H42O3/c1-4-16-9-17(5-2)25-22-12-19(24(16)25)10-18(22)11-21(27)13-23(28)29-26(3)14-15-6-7-20(26)8-15/h15-22,24-25,27H,4-14H2,1-3H3. The molecule has 0 aromatic rings. The van der Waals surface area contributed by atoms with Crippen LogP contribution in [0.3, 0.4) is 0 Å². The van der Waals surface area contributed by atoms with Gasteiger partial charge in [0.25, 0.3) is 0 Å². The Labute approximate surface area is 177 Å². The van der Waals surface area contributed by atoms with Gasteiger partial charge in [0.15, 0.2) is 0 Å². The summed E-state index contributed by atoms with van der Waals surface area (Å²) in [6.45, 7) is 6.89. The maximum Gasteiger partial charge on any atom is 0.308 e. The summed E-state index contributed by atoms with van der Waals surface area (Å²) in [4.78, 5) is 12.6. The average Bonchev–Trinajstić information content (AvgIpc) is 3.44. The number of esters is 1. The highest BCUT2D eigenvalue weighted by atomic mass is 16.6. The van der Waals surface area contributed by atoms with Crippen LogP contribution in [0, 0.1) is 53.3 Å². The van der Waals surface area contributed by atoms with Crippen LogP contribution in [-0.2, 0) is 9.53 Å². The molecule has 5 fully saturated rings. The van der Waals surface area contributed by atoms with E-state index in [9.17, 15) is 9.90 Å². The average molecular weight is 403 g/mol. The van der Waals surface area contributed by atoms with Crippen LogP contribution in [0.1, 0.15) is 91.4 Å². The fourth-order valence-electron chi connectivity index (χ4n) is 9.41. The molecule has 5 aliphatic carbocycles. The number of hydrogen-bond donors (Lipinski definition) is 1. The van der Waals surface area contributed by atoms with Gasteiger partial charge < -0.3 is 9.84 Å². The van der Waals surface area contributed by atoms with Gasteiger partial charge in [0.05, 0.1) is 12.5 Å². The second-order valence-corrected chi connectivity index (χ2v) is 11.8. The third-order valence-electron chi connectivity index (χ3n) is 10.4. The van der Waals surface area contributed by atoms with Crippen molar-refractivity contribution >= 4 is 5.97 Å². The number of fused-ring (bicyclic) bond motifs is 7. The van der Waals surface area contributed by atoms with Gasteiger partial charge >= 0.3 is 5.97 Å². The van der Waals surface area contributed by atoms with Crippen molar-refractivity contribution in [2.75, 3.05) is 0 Å². The molecule has 4 bridgehead atoms. The smallest absolute Gasteiger partial charge is 0.308 e. The van der Waals surface area contributed by atoms with E-state index >= 15 is 0 Å². The Balaban J connectivity index is 1.15. The van der Waals surface area contributed by atoms with Crippen molar-refractivity contribution in [1.29, 1.82) is 0 Å². The molecule has 0 spiro atoms. The Hall–Kier alpha value is -0.570. The summed E-state index contributed by atoms with van der Waals surface area (Å²) in [5.74, 6) is 7.20. The summed E-state index contributed by atoms with van der Waals surface area (Å²) in [5, 5.41) is 10.8. The van der Waals surface area contributed by atoms with E-state index in [0.29, 0.717) is 11.8 Å². The van der Waals surface area contributed by atoms with Gasteiger partial charge in [0.1, 0.15) is 5.60 Å². The molecule has 0 aliphatic heterocycles. The Morgan fingerprint density at radius 1 is 1.03 bits per heavy atom. The molecule has 5 aliphatic rings. The fraction of sp³-hybridized carbons (Fsp3) is 0.962. The van der Waals surface area contributed by atoms with Crippen molar-refractivity contribution in [2.24, 2.45) is 53.3 Å². The fourth-order valence-corrected chi connectivity index (χ4v) is 9.41. The van der Waals surface area contributed by atoms with Gasteiger partial charge in [-0.1, -0.05) is 26.7 Å². The molecule has 29 heavy (non-hydrogen) atoms. The van der Waals surface area contributed by atoms with Crippen LogP contribution < -0.4 is 0 Å². The Kier molecular flexibility index (Phi) is 5.28. The predicted molar refractivity (Wildman–Crippen MR) is 114 cm³/mol. The number of carbonyl (C=O) groups excluding carboxylic acids is 1. The molecule has 3 heteroatoms. The van der Waals surface area contributed by atoms with Gasteiger partial charge in [-0.25, -0.2) is 0 Å². The Morgan fingerprint density at radius 2 is 1.79 bits per heavy atom. The minimum absolute atomic E-state index is 0.160. The lowest BCUT2D eigenvalue weighted by molar-refractivity contribution is -0.165. The van der Waals surface area contributed by atoms with E-state index in [0.717, 1.165) is 54.3 Å². The van der Waals surface area contributed by atoms with Crippen molar-refractivity contribution in [2.45, 2.75) is 103 Å². The minimum Gasteiger partial charge on any atom is -0.459 e. The van der Waals surface area contributed by atoms with Crippen molar-refractivity contribution in [3.63, 3.8) is 0 Å². The second kappa shape index (κ2) is 7.53. The van der Waals surface area contributed by atoms with Crippen LogP contribution in [0.5, 0.6) is 0 Å². The van der Waals surface area contributed by atoms with Crippen molar-refractivity contribution in [3.05, 3.63) is 0 Å². The van der Waals surface area contributed by atoms with Gasteiger partial charge in [0.2, 0.25) is 0 Å². The molecule has 164 valence electrons. The first-order valence-electron chi connectivity index (χ1n) is 12.8. The molecule has 0 heterocycles. The summed E-state index contributed by atoms with van der Waals surface area (Å²) >= 11 is 0. The van der Waals surface area contributed by atoms with Crippen LogP contribution in [0.25, 0.3) is 0 Å². The number of rotatable bonds is 7. The number of ether oxygens (including phenoxy) is 1. The summed E-state index contributed by atoms with van der Waals surface area (Å²) in [6, 6.07) is 0. The molecule has 1 N–H and O–H groups in total. The molecule has 0 amide bonds. The van der Waals surface area contributed by atoms with E-state index < -0.39 is 6.10 Å². The van der Waals surface area contributed by atoms with E-state index in [2.05, 4.69) is 20.8 Å². The molecule has 0 saturated heterocycles. The first-order valence-corrected chi connectivity index (χ1v) is 12.8. The van der Waals surface area contributed by atoms with E-state index in [1.54, 1.807) is 0 Å². The maximum absolute atomic E-state index is 12.6. The summed E-state index contributed by atoms with van der Waals surface area (Å²) < 4.78 is 5.96. The number of aliphatic hydroxyl groups excluding tert-OH is 1. The SMILES string of the molecule is CCC1CC(CC)C2C3CC(CC3CC(O)CC(=O)OC3(C)CC4CCC3C4)C12. The van der Waals surface area contributed by atoms with E-state index in [1.807, 2.05) is 0 Å². The normalized spacial score (nSPS) is 50.8. The largest absolute Gasteiger partial charge is 0.459 e. The zero-order valence-corrected chi connectivity index (χ0v) is 18.8. The van der Waals surface area contributed by atoms with E-state index in [1.165, 1.54) is 51.4 Å². The van der Waals surface area contributed by atoms with Gasteiger partial charge in [-0.15, -0.1) is 0 Å². The van der Waals surface area contributed by atoms with Crippen molar-refractivity contribution in [3.8, 4) is 0 Å². The highest BCUT2D eigenvalue weighted by molar-refractivity contribution is 5.70. The third-order valence-corrected chi connectivity index (χ3v) is 10.4. The summed E-state index contributed by atoms with van der Waals surface area (Å²) in [7, 11) is 0. The second-order valence-electron chi connectivity index (χ2n) is 11.8. The van der Waals surface area contributed by atoms with Gasteiger partial charge in [0, 0.05) is 0 Å². The lowest BCUT2D eigenvalue weighted by Crippen LogP contribution is -2.38. The molecule has 11 unspecified atom stereocenters. The highest BCUT2D eigenvalue weighted by Gasteiger charge is 2.59. The molecule has 3 nitrogen and oxygen atoms in total. The van der Waals surface area contributed by atoms with Crippen LogP contribution in [0.15, 0.2) is 0 Å². The molecular weight excluding hydrogens is 360 g/mol. The van der Waals surface area contributed by atoms with Crippen molar-refractivity contribution < 1.29 is 14.6 Å². The summed E-state index contributed by atoms with van der Waals surface area (Å²) in [5.41, 5.74) is -0.257. The zero-order chi connectivity index (χ0) is 20.3. The van der Waals surface area contributed by atoms with Crippen LogP contribution in [-0.4, -0.2) is 22.8 Å². The van der Waals surface area contributed by atoms with Crippen LogP contribution in [0.2, 0.25) is 0 Å². The van der Waals surface area contributed by atoms with Crippen LogP contribution in [0.4, 0.5) is 0 Å².